The Morgan fingerprint density at radius 3 is 2.36 bits per heavy atom. The lowest BCUT2D eigenvalue weighted by Crippen LogP contribution is -2.07. The predicted molar refractivity (Wildman–Crippen MR) is 39.8 cm³/mol. The van der Waals surface area contributed by atoms with Crippen LogP contribution in [0, 0.1) is 5.39 Å². The molecule has 0 aliphatic rings. The van der Waals surface area contributed by atoms with Crippen molar-refractivity contribution in [3.05, 3.63) is 34.8 Å². The fraction of sp³-hybridized carbons (Fsp3) is 0.250. The van der Waals surface area contributed by atoms with Gasteiger partial charge in [-0.15, -0.1) is 6.61 Å². The van der Waals surface area contributed by atoms with E-state index in [0.717, 1.165) is 5.56 Å². The van der Waals surface area contributed by atoms with E-state index >= 15 is 0 Å². The van der Waals surface area contributed by atoms with Gasteiger partial charge in [0.2, 0.25) is 5.39 Å². The SMILES string of the molecule is N#[N+]c1ccc(CC[O-])cc1. The van der Waals surface area contributed by atoms with Crippen LogP contribution in [-0.2, 0) is 6.42 Å². The van der Waals surface area contributed by atoms with Crippen LogP contribution in [0.1, 0.15) is 5.56 Å². The maximum Gasteiger partial charge on any atom is 0.385 e. The number of diazo groups is 1. The average Bonchev–Trinajstić information content (AvgIpc) is 2.07. The lowest BCUT2D eigenvalue weighted by Gasteiger charge is -2.00. The van der Waals surface area contributed by atoms with E-state index in [2.05, 4.69) is 4.98 Å². The molecule has 0 spiro atoms. The largest absolute Gasteiger partial charge is 0.854 e. The minimum atomic E-state index is -0.102. The molecular weight excluding hydrogens is 140 g/mol. The van der Waals surface area contributed by atoms with E-state index in [-0.39, 0.29) is 6.61 Å². The summed E-state index contributed by atoms with van der Waals surface area (Å²) < 4.78 is 0. The normalized spacial score (nSPS) is 9.09. The van der Waals surface area contributed by atoms with Crippen molar-refractivity contribution in [2.45, 2.75) is 6.42 Å². The molecule has 0 atom stereocenters. The highest BCUT2D eigenvalue weighted by atomic mass is 16.2. The first-order chi connectivity index (χ1) is 5.36. The Bertz CT molecular complexity index is 260. The summed E-state index contributed by atoms with van der Waals surface area (Å²) in [5.74, 6) is 0. The molecule has 0 radical (unpaired) electrons. The van der Waals surface area contributed by atoms with Gasteiger partial charge in [-0.1, -0.05) is 12.1 Å². The second-order valence-corrected chi connectivity index (χ2v) is 2.22. The van der Waals surface area contributed by atoms with Crippen molar-refractivity contribution in [3.63, 3.8) is 0 Å². The molecule has 0 amide bonds. The molecule has 3 heteroatoms. The van der Waals surface area contributed by atoms with Crippen LogP contribution in [-0.4, -0.2) is 6.61 Å². The van der Waals surface area contributed by atoms with E-state index in [0.29, 0.717) is 12.1 Å². The molecule has 0 aliphatic heterocycles. The van der Waals surface area contributed by atoms with Crippen molar-refractivity contribution < 1.29 is 5.11 Å². The number of nitrogens with zero attached hydrogens (tertiary/aromatic N) is 2. The van der Waals surface area contributed by atoms with E-state index in [1.807, 2.05) is 0 Å². The van der Waals surface area contributed by atoms with Gasteiger partial charge in [0.1, 0.15) is 0 Å². The quantitative estimate of drug-likeness (QED) is 0.589. The first kappa shape index (κ1) is 7.70. The zero-order valence-electron chi connectivity index (χ0n) is 6.03. The number of benzene rings is 1. The lowest BCUT2D eigenvalue weighted by atomic mass is 10.1. The van der Waals surface area contributed by atoms with Crippen LogP contribution in [0.15, 0.2) is 24.3 Å². The zero-order chi connectivity index (χ0) is 8.10. The number of rotatable bonds is 2. The topological polar surface area (TPSA) is 51.2 Å². The van der Waals surface area contributed by atoms with Crippen molar-refractivity contribution in [1.29, 1.82) is 5.39 Å². The molecule has 0 fully saturated rings. The number of hydrogen-bond donors (Lipinski definition) is 0. The van der Waals surface area contributed by atoms with Crippen molar-refractivity contribution in [2.24, 2.45) is 0 Å². The molecule has 0 heterocycles. The second-order valence-electron chi connectivity index (χ2n) is 2.22. The molecular formula is C8H8N2O. The molecule has 0 unspecified atom stereocenters. The first-order valence-corrected chi connectivity index (χ1v) is 3.39. The van der Waals surface area contributed by atoms with Gasteiger partial charge in [0, 0.05) is 12.1 Å². The molecule has 1 rings (SSSR count). The van der Waals surface area contributed by atoms with Crippen LogP contribution in [0.3, 0.4) is 0 Å². The fourth-order valence-corrected chi connectivity index (χ4v) is 0.847. The van der Waals surface area contributed by atoms with Gasteiger partial charge in [-0.25, -0.2) is 0 Å². The van der Waals surface area contributed by atoms with E-state index < -0.39 is 0 Å². The minimum absolute atomic E-state index is 0.102. The highest BCUT2D eigenvalue weighted by Crippen LogP contribution is 2.12. The van der Waals surface area contributed by atoms with Crippen LogP contribution in [0.2, 0.25) is 0 Å². The van der Waals surface area contributed by atoms with Gasteiger partial charge in [-0.2, -0.15) is 0 Å². The summed E-state index contributed by atoms with van der Waals surface area (Å²) in [6, 6.07) is 6.91. The van der Waals surface area contributed by atoms with Crippen LogP contribution >= 0.6 is 0 Å². The van der Waals surface area contributed by atoms with Gasteiger partial charge < -0.3 is 5.11 Å². The van der Waals surface area contributed by atoms with Crippen LogP contribution in [0.5, 0.6) is 0 Å². The molecule has 0 aromatic heterocycles. The molecule has 0 bridgehead atoms. The Morgan fingerprint density at radius 2 is 1.91 bits per heavy atom. The third kappa shape index (κ3) is 2.03. The molecule has 0 saturated carbocycles. The van der Waals surface area contributed by atoms with Gasteiger partial charge >= 0.3 is 5.69 Å². The summed E-state index contributed by atoms with van der Waals surface area (Å²) in [5, 5.41) is 18.5. The van der Waals surface area contributed by atoms with Gasteiger partial charge in [0.25, 0.3) is 0 Å². The molecule has 56 valence electrons. The van der Waals surface area contributed by atoms with Crippen LogP contribution < -0.4 is 5.11 Å². The van der Waals surface area contributed by atoms with Crippen molar-refractivity contribution in [3.8, 4) is 0 Å². The Kier molecular flexibility index (Phi) is 2.59. The van der Waals surface area contributed by atoms with E-state index in [1.165, 1.54) is 0 Å². The molecule has 0 N–H and O–H groups in total. The molecule has 3 nitrogen and oxygen atoms in total. The van der Waals surface area contributed by atoms with Crippen molar-refractivity contribution in [1.82, 2.24) is 0 Å². The van der Waals surface area contributed by atoms with Gasteiger partial charge in [-0.05, 0) is 12.0 Å². The Hall–Kier alpha value is -1.40. The zero-order valence-corrected chi connectivity index (χ0v) is 6.03. The minimum Gasteiger partial charge on any atom is -0.854 e. The summed E-state index contributed by atoms with van der Waals surface area (Å²) in [7, 11) is 0. The van der Waals surface area contributed by atoms with Gasteiger partial charge in [-0.3, -0.25) is 0 Å². The highest BCUT2D eigenvalue weighted by molar-refractivity contribution is 5.44. The summed E-state index contributed by atoms with van der Waals surface area (Å²) in [6.45, 7) is -0.102. The Morgan fingerprint density at radius 1 is 1.27 bits per heavy atom. The van der Waals surface area contributed by atoms with E-state index in [9.17, 15) is 5.11 Å². The molecule has 0 aliphatic carbocycles. The standard InChI is InChI=1S/C8H8N2O/c9-10-8-3-1-7(2-4-8)5-6-11/h1-4H,5-6H2. The average molecular weight is 148 g/mol. The first-order valence-electron chi connectivity index (χ1n) is 3.39. The summed E-state index contributed by atoms with van der Waals surface area (Å²) in [6.07, 6.45) is 0.533. The maximum absolute atomic E-state index is 10.2. The van der Waals surface area contributed by atoms with Crippen molar-refractivity contribution >= 4 is 5.69 Å². The van der Waals surface area contributed by atoms with Gasteiger partial charge in [0.15, 0.2) is 4.98 Å². The summed E-state index contributed by atoms with van der Waals surface area (Å²) in [5.41, 5.74) is 1.49. The molecule has 0 saturated heterocycles. The van der Waals surface area contributed by atoms with Crippen molar-refractivity contribution in [2.75, 3.05) is 6.61 Å². The van der Waals surface area contributed by atoms with Gasteiger partial charge in [0.05, 0.1) is 0 Å². The number of hydrogen-bond acceptors (Lipinski definition) is 2. The van der Waals surface area contributed by atoms with Crippen LogP contribution in [0.25, 0.3) is 4.98 Å². The molecule has 1 aromatic carbocycles. The van der Waals surface area contributed by atoms with E-state index in [4.69, 9.17) is 5.39 Å². The summed E-state index contributed by atoms with van der Waals surface area (Å²) >= 11 is 0. The third-order valence-corrected chi connectivity index (χ3v) is 1.44. The third-order valence-electron chi connectivity index (χ3n) is 1.44. The molecule has 1 aromatic rings. The Labute approximate surface area is 64.9 Å². The monoisotopic (exact) mass is 148 g/mol. The Balaban J connectivity index is 2.76. The highest BCUT2D eigenvalue weighted by Gasteiger charge is 2.00. The maximum atomic E-state index is 10.2. The van der Waals surface area contributed by atoms with Crippen LogP contribution in [0.4, 0.5) is 5.69 Å². The lowest BCUT2D eigenvalue weighted by molar-refractivity contribution is -0.366. The fourth-order valence-electron chi connectivity index (χ4n) is 0.847. The van der Waals surface area contributed by atoms with E-state index in [1.54, 1.807) is 24.3 Å². The molecule has 11 heavy (non-hydrogen) atoms. The summed E-state index contributed by atoms with van der Waals surface area (Å²) in [4.78, 5) is 2.99. The second kappa shape index (κ2) is 3.69. The smallest absolute Gasteiger partial charge is 0.385 e. The predicted octanol–water partition coefficient (Wildman–Crippen LogP) is 1.07.